The average Bonchev–Trinajstić information content (AvgIpc) is 3.60. The summed E-state index contributed by atoms with van der Waals surface area (Å²) in [4.78, 5) is 0. The second kappa shape index (κ2) is 10.3. The molecule has 230 valence electrons. The van der Waals surface area contributed by atoms with Crippen LogP contribution in [-0.2, 0) is 11.0 Å². The van der Waals surface area contributed by atoms with Gasteiger partial charge in [0.1, 0.15) is 18.1 Å². The summed E-state index contributed by atoms with van der Waals surface area (Å²) in [6.07, 6.45) is 10.0. The van der Waals surface area contributed by atoms with Crippen molar-refractivity contribution in [1.29, 1.82) is 0 Å². The molecule has 2 aliphatic carbocycles. The van der Waals surface area contributed by atoms with Gasteiger partial charge in [0, 0.05) is 16.7 Å². The fourth-order valence-corrected chi connectivity index (χ4v) is 8.62. The van der Waals surface area contributed by atoms with Gasteiger partial charge in [-0.1, -0.05) is 127 Å². The molecule has 0 amide bonds. The van der Waals surface area contributed by atoms with Crippen molar-refractivity contribution >= 4 is 16.8 Å². The van der Waals surface area contributed by atoms with Gasteiger partial charge in [0.15, 0.2) is 5.60 Å². The molecule has 3 aliphatic rings. The summed E-state index contributed by atoms with van der Waals surface area (Å²) in [5, 5.41) is 2.44. The maximum absolute atomic E-state index is 7.21. The molecule has 0 saturated heterocycles. The van der Waals surface area contributed by atoms with Crippen LogP contribution in [0.25, 0.3) is 39.1 Å². The van der Waals surface area contributed by atoms with Gasteiger partial charge in [-0.15, -0.1) is 6.42 Å². The van der Waals surface area contributed by atoms with Crippen molar-refractivity contribution in [3.63, 3.8) is 0 Å². The van der Waals surface area contributed by atoms with Gasteiger partial charge in [0.2, 0.25) is 0 Å². The molecule has 1 spiro atoms. The lowest BCUT2D eigenvalue weighted by Gasteiger charge is -2.36. The second-order valence-corrected chi connectivity index (χ2v) is 13.1. The van der Waals surface area contributed by atoms with Gasteiger partial charge in [-0.3, -0.25) is 0 Å². The molecule has 1 aliphatic heterocycles. The topological polar surface area (TPSA) is 18.5 Å². The van der Waals surface area contributed by atoms with Crippen LogP contribution in [0, 0.1) is 12.3 Å². The minimum atomic E-state index is -0.705. The Morgan fingerprint density at radius 3 is 1.84 bits per heavy atom. The van der Waals surface area contributed by atoms with Crippen LogP contribution in [0.3, 0.4) is 0 Å². The number of benzene rings is 7. The Hall–Kier alpha value is -6.30. The van der Waals surface area contributed by atoms with E-state index >= 15 is 0 Å². The lowest BCUT2D eigenvalue weighted by Crippen LogP contribution is -2.32. The molecule has 1 unspecified atom stereocenters. The van der Waals surface area contributed by atoms with E-state index in [1.54, 1.807) is 0 Å². The molecule has 0 fully saturated rings. The maximum atomic E-state index is 7.21. The minimum Gasteiger partial charge on any atom is -0.481 e. The van der Waals surface area contributed by atoms with E-state index in [-0.39, 0.29) is 6.61 Å². The van der Waals surface area contributed by atoms with E-state index in [4.69, 9.17) is 15.9 Å². The predicted molar refractivity (Wildman–Crippen MR) is 198 cm³/mol. The first-order valence-electron chi connectivity index (χ1n) is 16.7. The molecule has 2 heteroatoms. The molecule has 0 bridgehead atoms. The number of ether oxygens (including phenoxy) is 2. The smallest absolute Gasteiger partial charge is 0.179 e. The first kappa shape index (κ1) is 27.8. The van der Waals surface area contributed by atoms with Crippen LogP contribution in [0.5, 0.6) is 11.5 Å². The zero-order valence-electron chi connectivity index (χ0n) is 26.7. The standard InChI is InChI=1S/C47H30O2/c1-2-27-48-36-22-19-34(20-23-36)47(42-17-9-6-13-37(42)38-14-7-10-18-43(38)47)35-21-24-45-33(28-35)25-26-46(49-45)41-16-8-5-15-39(41)40-29-31-11-3-4-12-32(31)30-44(40)46/h1,3-26,28-30H,27H2. The lowest BCUT2D eigenvalue weighted by molar-refractivity contribution is 0.166. The fraction of sp³-hybridized carbons (Fsp3) is 0.0638. The van der Waals surface area contributed by atoms with Crippen LogP contribution in [0.15, 0.2) is 158 Å². The Kier molecular flexibility index (Phi) is 5.87. The van der Waals surface area contributed by atoms with Crippen LogP contribution in [0.2, 0.25) is 0 Å². The Balaban J connectivity index is 1.16. The molecule has 2 nitrogen and oxygen atoms in total. The molecule has 0 aromatic heterocycles. The van der Waals surface area contributed by atoms with E-state index < -0.39 is 11.0 Å². The van der Waals surface area contributed by atoms with Crippen LogP contribution in [0.4, 0.5) is 0 Å². The van der Waals surface area contributed by atoms with Crippen molar-refractivity contribution < 1.29 is 9.47 Å². The van der Waals surface area contributed by atoms with Crippen LogP contribution in [-0.4, -0.2) is 6.61 Å². The summed E-state index contributed by atoms with van der Waals surface area (Å²) in [5.74, 6) is 4.20. The van der Waals surface area contributed by atoms with E-state index in [0.29, 0.717) is 0 Å². The van der Waals surface area contributed by atoms with Gasteiger partial charge in [0.25, 0.3) is 0 Å². The van der Waals surface area contributed by atoms with Gasteiger partial charge in [0.05, 0.1) is 5.41 Å². The first-order valence-corrected chi connectivity index (χ1v) is 16.7. The zero-order chi connectivity index (χ0) is 32.6. The van der Waals surface area contributed by atoms with Crippen molar-refractivity contribution in [3.05, 3.63) is 197 Å². The highest BCUT2D eigenvalue weighted by molar-refractivity contribution is 5.94. The molecule has 49 heavy (non-hydrogen) atoms. The highest BCUT2D eigenvalue weighted by Gasteiger charge is 2.48. The van der Waals surface area contributed by atoms with Crippen molar-refractivity contribution in [2.24, 2.45) is 0 Å². The molecular weight excluding hydrogens is 597 g/mol. The number of rotatable bonds is 4. The summed E-state index contributed by atoms with van der Waals surface area (Å²) >= 11 is 0. The number of hydrogen-bond donors (Lipinski definition) is 0. The molecule has 0 radical (unpaired) electrons. The summed E-state index contributed by atoms with van der Waals surface area (Å²) in [6.45, 7) is 0.236. The maximum Gasteiger partial charge on any atom is 0.179 e. The van der Waals surface area contributed by atoms with Gasteiger partial charge >= 0.3 is 0 Å². The largest absolute Gasteiger partial charge is 0.481 e. The third-order valence-electron chi connectivity index (χ3n) is 10.7. The van der Waals surface area contributed by atoms with E-state index in [1.807, 2.05) is 12.1 Å². The molecule has 0 saturated carbocycles. The van der Waals surface area contributed by atoms with E-state index in [2.05, 4.69) is 158 Å². The molecule has 7 aromatic carbocycles. The third-order valence-corrected chi connectivity index (χ3v) is 10.7. The Morgan fingerprint density at radius 1 is 0.551 bits per heavy atom. The minimum absolute atomic E-state index is 0.236. The van der Waals surface area contributed by atoms with E-state index in [0.717, 1.165) is 17.1 Å². The highest BCUT2D eigenvalue weighted by Crippen LogP contribution is 2.58. The quantitative estimate of drug-likeness (QED) is 0.181. The summed E-state index contributed by atoms with van der Waals surface area (Å²) < 4.78 is 13.0. The third kappa shape index (κ3) is 3.79. The van der Waals surface area contributed by atoms with Crippen molar-refractivity contribution in [1.82, 2.24) is 0 Å². The average molecular weight is 627 g/mol. The van der Waals surface area contributed by atoms with Gasteiger partial charge in [-0.05, 0) is 97.8 Å². The molecule has 0 N–H and O–H groups in total. The molecule has 7 aromatic rings. The Bertz CT molecular complexity index is 2500. The zero-order valence-corrected chi connectivity index (χ0v) is 26.7. The molecule has 1 atom stereocenters. The second-order valence-electron chi connectivity index (χ2n) is 13.1. The lowest BCUT2D eigenvalue weighted by atomic mass is 9.67. The molecule has 10 rings (SSSR count). The Labute approximate surface area is 285 Å². The molecular formula is C47H30O2. The van der Waals surface area contributed by atoms with Gasteiger partial charge in [-0.2, -0.15) is 0 Å². The summed E-state index contributed by atoms with van der Waals surface area (Å²) in [5.41, 5.74) is 12.0. The number of terminal acetylenes is 1. The summed E-state index contributed by atoms with van der Waals surface area (Å²) in [7, 11) is 0. The SMILES string of the molecule is C#CCOc1ccc(C2(c3ccc4c(c3)C=CC3(O4)c4ccccc4-c4cc5ccccc5cc43)c3ccccc3-c3ccccc32)cc1. The van der Waals surface area contributed by atoms with Crippen molar-refractivity contribution in [2.45, 2.75) is 11.0 Å². The normalized spacial score (nSPS) is 17.0. The van der Waals surface area contributed by atoms with Crippen LogP contribution in [0.1, 0.15) is 38.9 Å². The predicted octanol–water partition coefficient (Wildman–Crippen LogP) is 10.5. The Morgan fingerprint density at radius 2 is 1.14 bits per heavy atom. The summed E-state index contributed by atoms with van der Waals surface area (Å²) in [6, 6.07) is 54.6. The molecule has 1 heterocycles. The highest BCUT2D eigenvalue weighted by atomic mass is 16.5. The van der Waals surface area contributed by atoms with Crippen LogP contribution < -0.4 is 9.47 Å². The monoisotopic (exact) mass is 626 g/mol. The number of hydrogen-bond acceptors (Lipinski definition) is 2. The van der Waals surface area contributed by atoms with E-state index in [1.165, 1.54) is 66.4 Å². The van der Waals surface area contributed by atoms with Crippen LogP contribution >= 0.6 is 0 Å². The van der Waals surface area contributed by atoms with Gasteiger partial charge in [-0.25, -0.2) is 0 Å². The first-order chi connectivity index (χ1) is 24.2. The van der Waals surface area contributed by atoms with Crippen molar-refractivity contribution in [3.8, 4) is 46.1 Å². The number of fused-ring (bicyclic) bond motifs is 10. The van der Waals surface area contributed by atoms with E-state index in [9.17, 15) is 0 Å². The fourth-order valence-electron chi connectivity index (χ4n) is 8.62. The van der Waals surface area contributed by atoms with Crippen molar-refractivity contribution in [2.75, 3.05) is 6.61 Å². The van der Waals surface area contributed by atoms with Gasteiger partial charge < -0.3 is 9.47 Å².